The lowest BCUT2D eigenvalue weighted by molar-refractivity contribution is -0.383. The number of benzene rings is 2. The van der Waals surface area contributed by atoms with Crippen LogP contribution in [-0.4, -0.2) is 21.8 Å². The largest absolute Gasteiger partial charge is 0.497 e. The number of aromatic nitrogens is 2. The number of nitrogens with zero attached hydrogens (tertiary/aromatic N) is 3. The highest BCUT2D eigenvalue weighted by atomic mass is 16.6. The molecule has 6 nitrogen and oxygen atoms in total. The summed E-state index contributed by atoms with van der Waals surface area (Å²) in [4.78, 5) is 11.3. The molecule has 0 amide bonds. The van der Waals surface area contributed by atoms with Crippen LogP contribution in [0.15, 0.2) is 54.6 Å². The zero-order chi connectivity index (χ0) is 16.4. The van der Waals surface area contributed by atoms with Gasteiger partial charge < -0.3 is 4.74 Å². The lowest BCUT2D eigenvalue weighted by Crippen LogP contribution is -1.95. The van der Waals surface area contributed by atoms with Crippen LogP contribution in [0.2, 0.25) is 0 Å². The smallest absolute Gasteiger partial charge is 0.322 e. The maximum absolute atomic E-state index is 11.7. The molecule has 0 aliphatic carbocycles. The highest BCUT2D eigenvalue weighted by Crippen LogP contribution is 2.38. The molecule has 6 heteroatoms. The summed E-state index contributed by atoms with van der Waals surface area (Å²) in [5.74, 6) is 0.690. The molecule has 0 N–H and O–H groups in total. The molecule has 0 unspecified atom stereocenters. The highest BCUT2D eigenvalue weighted by Gasteiger charge is 2.28. The van der Waals surface area contributed by atoms with Gasteiger partial charge >= 0.3 is 5.69 Å². The average Bonchev–Trinajstić information content (AvgIpc) is 2.93. The zero-order valence-corrected chi connectivity index (χ0v) is 12.8. The SMILES string of the molecule is COc1ccc(-c2nn(C)c(-c3ccccc3)c2[N+](=O)[O-])cc1. The van der Waals surface area contributed by atoms with E-state index in [-0.39, 0.29) is 10.6 Å². The number of hydrogen-bond acceptors (Lipinski definition) is 4. The van der Waals surface area contributed by atoms with E-state index in [2.05, 4.69) is 5.10 Å². The van der Waals surface area contributed by atoms with E-state index in [9.17, 15) is 10.1 Å². The van der Waals surface area contributed by atoms with Gasteiger partial charge in [0, 0.05) is 18.2 Å². The summed E-state index contributed by atoms with van der Waals surface area (Å²) in [6.45, 7) is 0. The topological polar surface area (TPSA) is 70.2 Å². The third-order valence-electron chi connectivity index (χ3n) is 3.62. The molecule has 0 aliphatic rings. The van der Waals surface area contributed by atoms with Gasteiger partial charge in [0.1, 0.15) is 11.4 Å². The molecule has 1 heterocycles. The summed E-state index contributed by atoms with van der Waals surface area (Å²) < 4.78 is 6.67. The lowest BCUT2D eigenvalue weighted by Gasteiger charge is -2.02. The lowest BCUT2D eigenvalue weighted by atomic mass is 10.1. The number of aryl methyl sites for hydroxylation is 1. The van der Waals surface area contributed by atoms with Gasteiger partial charge in [0.2, 0.25) is 0 Å². The standard InChI is InChI=1S/C17H15N3O3/c1-19-16(13-6-4-3-5-7-13)17(20(21)22)15(18-19)12-8-10-14(23-2)11-9-12/h3-11H,1-2H3. The van der Waals surface area contributed by atoms with Crippen LogP contribution in [0.4, 0.5) is 5.69 Å². The Hall–Kier alpha value is -3.15. The summed E-state index contributed by atoms with van der Waals surface area (Å²) in [7, 11) is 3.29. The van der Waals surface area contributed by atoms with E-state index < -0.39 is 0 Å². The summed E-state index contributed by atoms with van der Waals surface area (Å²) >= 11 is 0. The fraction of sp³-hybridized carbons (Fsp3) is 0.118. The van der Waals surface area contributed by atoms with Gasteiger partial charge in [-0.05, 0) is 24.3 Å². The van der Waals surface area contributed by atoms with Gasteiger partial charge in [-0.2, -0.15) is 5.10 Å². The summed E-state index contributed by atoms with van der Waals surface area (Å²) in [6, 6.07) is 16.3. The minimum Gasteiger partial charge on any atom is -0.497 e. The molecule has 2 aromatic carbocycles. The van der Waals surface area contributed by atoms with E-state index in [0.29, 0.717) is 22.7 Å². The van der Waals surface area contributed by atoms with Crippen LogP contribution in [-0.2, 0) is 7.05 Å². The second-order valence-electron chi connectivity index (χ2n) is 5.02. The van der Waals surface area contributed by atoms with E-state index in [1.54, 1.807) is 43.1 Å². The maximum atomic E-state index is 11.7. The number of rotatable bonds is 4. The third-order valence-corrected chi connectivity index (χ3v) is 3.62. The molecular formula is C17H15N3O3. The minimum absolute atomic E-state index is 0.00358. The second kappa shape index (κ2) is 5.92. The van der Waals surface area contributed by atoms with Gasteiger partial charge in [0.05, 0.1) is 12.0 Å². The summed E-state index contributed by atoms with van der Waals surface area (Å²) in [6.07, 6.45) is 0. The normalized spacial score (nSPS) is 10.5. The van der Waals surface area contributed by atoms with E-state index in [1.165, 1.54) is 0 Å². The van der Waals surface area contributed by atoms with Crippen molar-refractivity contribution in [3.63, 3.8) is 0 Å². The Kier molecular flexibility index (Phi) is 3.80. The first kappa shape index (κ1) is 14.8. The first-order valence-corrected chi connectivity index (χ1v) is 7.03. The molecule has 0 aliphatic heterocycles. The molecule has 0 atom stereocenters. The summed E-state index contributed by atoms with van der Waals surface area (Å²) in [5, 5.41) is 16.0. The molecule has 1 aromatic heterocycles. The van der Waals surface area contributed by atoms with Crippen molar-refractivity contribution in [1.82, 2.24) is 9.78 Å². The Morgan fingerprint density at radius 3 is 2.26 bits per heavy atom. The molecule has 0 bridgehead atoms. The molecule has 3 rings (SSSR count). The molecule has 3 aromatic rings. The molecular weight excluding hydrogens is 294 g/mol. The van der Waals surface area contributed by atoms with Crippen molar-refractivity contribution in [3.05, 3.63) is 64.7 Å². The van der Waals surface area contributed by atoms with Gasteiger partial charge in [-0.25, -0.2) is 0 Å². The van der Waals surface area contributed by atoms with Crippen molar-refractivity contribution in [2.45, 2.75) is 0 Å². The van der Waals surface area contributed by atoms with E-state index >= 15 is 0 Å². The van der Waals surface area contributed by atoms with E-state index in [0.717, 1.165) is 5.56 Å². The number of ether oxygens (including phenoxy) is 1. The zero-order valence-electron chi connectivity index (χ0n) is 12.8. The van der Waals surface area contributed by atoms with Crippen LogP contribution in [0, 0.1) is 10.1 Å². The maximum Gasteiger partial charge on any atom is 0.322 e. The van der Waals surface area contributed by atoms with Gasteiger partial charge in [0.25, 0.3) is 0 Å². The first-order valence-electron chi connectivity index (χ1n) is 7.03. The number of methoxy groups -OCH3 is 1. The van der Waals surface area contributed by atoms with Gasteiger partial charge in [-0.15, -0.1) is 0 Å². The van der Waals surface area contributed by atoms with Crippen LogP contribution in [0.25, 0.3) is 22.5 Å². The quantitative estimate of drug-likeness (QED) is 0.544. The van der Waals surface area contributed by atoms with Crippen molar-refractivity contribution < 1.29 is 9.66 Å². The Labute approximate surface area is 133 Å². The first-order chi connectivity index (χ1) is 11.1. The second-order valence-corrected chi connectivity index (χ2v) is 5.02. The van der Waals surface area contributed by atoms with Crippen molar-refractivity contribution in [3.8, 4) is 28.3 Å². The predicted octanol–water partition coefficient (Wildman–Crippen LogP) is 3.67. The van der Waals surface area contributed by atoms with Crippen LogP contribution in [0.1, 0.15) is 0 Å². The van der Waals surface area contributed by atoms with Gasteiger partial charge in [-0.3, -0.25) is 14.8 Å². The predicted molar refractivity (Wildman–Crippen MR) is 87.3 cm³/mol. The van der Waals surface area contributed by atoms with Crippen LogP contribution in [0.3, 0.4) is 0 Å². The van der Waals surface area contributed by atoms with Crippen LogP contribution in [0.5, 0.6) is 5.75 Å². The van der Waals surface area contributed by atoms with Gasteiger partial charge in [-0.1, -0.05) is 30.3 Å². The highest BCUT2D eigenvalue weighted by molar-refractivity contribution is 5.82. The molecule has 0 spiro atoms. The molecule has 23 heavy (non-hydrogen) atoms. The Balaban J connectivity index is 2.20. The minimum atomic E-state index is -0.380. The molecule has 0 fully saturated rings. The fourth-order valence-electron chi connectivity index (χ4n) is 2.55. The van der Waals surface area contributed by atoms with Crippen molar-refractivity contribution in [1.29, 1.82) is 0 Å². The van der Waals surface area contributed by atoms with E-state index in [1.807, 2.05) is 30.3 Å². The summed E-state index contributed by atoms with van der Waals surface area (Å²) in [5.41, 5.74) is 2.27. The van der Waals surface area contributed by atoms with Gasteiger partial charge in [0.15, 0.2) is 5.69 Å². The monoisotopic (exact) mass is 309 g/mol. The molecule has 0 radical (unpaired) electrons. The van der Waals surface area contributed by atoms with Crippen molar-refractivity contribution in [2.75, 3.05) is 7.11 Å². The molecule has 0 saturated heterocycles. The Bertz CT molecular complexity index is 840. The van der Waals surface area contributed by atoms with E-state index in [4.69, 9.17) is 4.74 Å². The Morgan fingerprint density at radius 2 is 1.70 bits per heavy atom. The molecule has 116 valence electrons. The van der Waals surface area contributed by atoms with Crippen LogP contribution < -0.4 is 4.74 Å². The fourth-order valence-corrected chi connectivity index (χ4v) is 2.55. The van der Waals surface area contributed by atoms with Crippen molar-refractivity contribution >= 4 is 5.69 Å². The third kappa shape index (κ3) is 2.66. The van der Waals surface area contributed by atoms with Crippen LogP contribution >= 0.6 is 0 Å². The molecule has 0 saturated carbocycles. The average molecular weight is 309 g/mol. The number of hydrogen-bond donors (Lipinski definition) is 0. The Morgan fingerprint density at radius 1 is 1.04 bits per heavy atom. The van der Waals surface area contributed by atoms with Crippen molar-refractivity contribution in [2.24, 2.45) is 7.05 Å². The number of nitro groups is 1.